The zero-order valence-corrected chi connectivity index (χ0v) is 10.9. The summed E-state index contributed by atoms with van der Waals surface area (Å²) >= 11 is 0. The smallest absolute Gasteiger partial charge is 0.173 e. The minimum absolute atomic E-state index is 0.0198. The van der Waals surface area contributed by atoms with Crippen LogP contribution in [0.3, 0.4) is 0 Å². The number of oxime groups is 1. The average Bonchev–Trinajstić information content (AvgIpc) is 2.91. The molecule has 2 aromatic heterocycles. The number of nitrogens with two attached hydrogens (primary N) is 1. The first-order chi connectivity index (χ1) is 9.70. The first-order valence-electron chi connectivity index (χ1n) is 6.08. The molecule has 0 aliphatic rings. The zero-order chi connectivity index (χ0) is 14.1. The molecule has 0 radical (unpaired) electrons. The third-order valence-corrected chi connectivity index (χ3v) is 3.14. The third kappa shape index (κ3) is 1.87. The van der Waals surface area contributed by atoms with Crippen molar-refractivity contribution in [2.24, 2.45) is 10.9 Å². The van der Waals surface area contributed by atoms with Gasteiger partial charge in [0.15, 0.2) is 5.84 Å². The van der Waals surface area contributed by atoms with Crippen molar-refractivity contribution < 1.29 is 5.21 Å². The van der Waals surface area contributed by atoms with Gasteiger partial charge in [-0.2, -0.15) is 0 Å². The number of imidazole rings is 1. The standard InChI is InChI=1S/C14H13N5O/c1-9-16-6-7-19(9)14-11(13(15)18-20)8-10-4-2-3-5-12(10)17-14/h2-8,20H,1H3,(H2,15,18). The maximum atomic E-state index is 8.96. The van der Waals surface area contributed by atoms with E-state index < -0.39 is 0 Å². The van der Waals surface area contributed by atoms with Crippen LogP contribution in [0.4, 0.5) is 0 Å². The van der Waals surface area contributed by atoms with Crippen molar-refractivity contribution in [2.45, 2.75) is 6.92 Å². The Morgan fingerprint density at radius 1 is 1.35 bits per heavy atom. The van der Waals surface area contributed by atoms with Crippen molar-refractivity contribution in [3.05, 3.63) is 54.1 Å². The average molecular weight is 267 g/mol. The molecular weight excluding hydrogens is 254 g/mol. The monoisotopic (exact) mass is 267 g/mol. The van der Waals surface area contributed by atoms with E-state index in [9.17, 15) is 0 Å². The summed E-state index contributed by atoms with van der Waals surface area (Å²) in [7, 11) is 0. The minimum atomic E-state index is 0.0198. The van der Waals surface area contributed by atoms with Crippen LogP contribution in [-0.2, 0) is 0 Å². The number of para-hydroxylation sites is 1. The molecule has 0 fully saturated rings. The molecule has 0 atom stereocenters. The van der Waals surface area contributed by atoms with E-state index in [0.29, 0.717) is 11.4 Å². The lowest BCUT2D eigenvalue weighted by molar-refractivity contribution is 0.318. The Bertz CT molecular complexity index is 806. The third-order valence-electron chi connectivity index (χ3n) is 3.14. The minimum Gasteiger partial charge on any atom is -0.409 e. The summed E-state index contributed by atoms with van der Waals surface area (Å²) < 4.78 is 1.81. The summed E-state index contributed by atoms with van der Waals surface area (Å²) in [6.07, 6.45) is 3.48. The summed E-state index contributed by atoms with van der Waals surface area (Å²) in [5, 5.41) is 13.0. The number of fused-ring (bicyclic) bond motifs is 1. The molecule has 0 bridgehead atoms. The van der Waals surface area contributed by atoms with Gasteiger partial charge in [0.1, 0.15) is 11.6 Å². The van der Waals surface area contributed by atoms with E-state index in [1.807, 2.05) is 37.3 Å². The molecule has 1 aromatic carbocycles. The lowest BCUT2D eigenvalue weighted by Gasteiger charge is -2.11. The van der Waals surface area contributed by atoms with Gasteiger partial charge in [-0.1, -0.05) is 23.4 Å². The van der Waals surface area contributed by atoms with Gasteiger partial charge in [-0.3, -0.25) is 4.57 Å². The molecule has 100 valence electrons. The maximum absolute atomic E-state index is 8.96. The SMILES string of the molecule is Cc1nccn1-c1nc2ccccc2cc1C(N)=NO. The normalized spacial score (nSPS) is 11.9. The molecule has 2 heterocycles. The first-order valence-corrected chi connectivity index (χ1v) is 6.08. The molecule has 0 aliphatic carbocycles. The highest BCUT2D eigenvalue weighted by molar-refractivity contribution is 6.02. The number of hydrogen-bond acceptors (Lipinski definition) is 4. The summed E-state index contributed by atoms with van der Waals surface area (Å²) in [6, 6.07) is 9.54. The molecule has 0 aliphatic heterocycles. The molecule has 0 saturated heterocycles. The highest BCUT2D eigenvalue weighted by atomic mass is 16.4. The lowest BCUT2D eigenvalue weighted by atomic mass is 10.1. The van der Waals surface area contributed by atoms with E-state index in [1.54, 1.807) is 17.0 Å². The molecule has 0 amide bonds. The van der Waals surface area contributed by atoms with Crippen molar-refractivity contribution >= 4 is 16.7 Å². The molecule has 20 heavy (non-hydrogen) atoms. The largest absolute Gasteiger partial charge is 0.409 e. The van der Waals surface area contributed by atoms with Gasteiger partial charge in [-0.05, 0) is 19.1 Å². The summed E-state index contributed by atoms with van der Waals surface area (Å²) in [4.78, 5) is 8.78. The van der Waals surface area contributed by atoms with E-state index in [4.69, 9.17) is 10.9 Å². The number of aryl methyl sites for hydroxylation is 1. The molecule has 0 unspecified atom stereocenters. The van der Waals surface area contributed by atoms with E-state index in [-0.39, 0.29) is 5.84 Å². The van der Waals surface area contributed by atoms with Gasteiger partial charge in [0, 0.05) is 17.8 Å². The van der Waals surface area contributed by atoms with Gasteiger partial charge in [-0.15, -0.1) is 0 Å². The van der Waals surface area contributed by atoms with Gasteiger partial charge >= 0.3 is 0 Å². The fourth-order valence-corrected chi connectivity index (χ4v) is 2.13. The van der Waals surface area contributed by atoms with Gasteiger partial charge in [-0.25, -0.2) is 9.97 Å². The van der Waals surface area contributed by atoms with Crippen molar-refractivity contribution in [2.75, 3.05) is 0 Å². The molecule has 6 heteroatoms. The molecule has 0 saturated carbocycles. The molecule has 3 aromatic rings. The van der Waals surface area contributed by atoms with Crippen LogP contribution in [0.15, 0.2) is 47.9 Å². The van der Waals surface area contributed by atoms with E-state index in [0.717, 1.165) is 16.7 Å². The van der Waals surface area contributed by atoms with Gasteiger partial charge in [0.05, 0.1) is 11.1 Å². The van der Waals surface area contributed by atoms with E-state index >= 15 is 0 Å². The second kappa shape index (κ2) is 4.65. The number of hydrogen-bond donors (Lipinski definition) is 2. The number of benzene rings is 1. The van der Waals surface area contributed by atoms with Crippen LogP contribution < -0.4 is 5.73 Å². The van der Waals surface area contributed by atoms with Crippen LogP contribution in [0.1, 0.15) is 11.4 Å². The predicted octanol–water partition coefficient (Wildman–Crippen LogP) is 1.82. The fraction of sp³-hybridized carbons (Fsp3) is 0.0714. The summed E-state index contributed by atoms with van der Waals surface area (Å²) in [5.41, 5.74) is 7.17. The van der Waals surface area contributed by atoms with Crippen molar-refractivity contribution in [1.82, 2.24) is 14.5 Å². The number of amidine groups is 1. The Balaban J connectivity index is 2.36. The maximum Gasteiger partial charge on any atom is 0.173 e. The Morgan fingerprint density at radius 2 is 2.15 bits per heavy atom. The van der Waals surface area contributed by atoms with Crippen LogP contribution in [0.2, 0.25) is 0 Å². The summed E-state index contributed by atoms with van der Waals surface area (Å²) in [6.45, 7) is 1.87. The molecule has 0 spiro atoms. The van der Waals surface area contributed by atoms with Gasteiger partial charge < -0.3 is 10.9 Å². The van der Waals surface area contributed by atoms with Crippen LogP contribution >= 0.6 is 0 Å². The van der Waals surface area contributed by atoms with Crippen LogP contribution in [0.25, 0.3) is 16.7 Å². The number of pyridine rings is 1. The highest BCUT2D eigenvalue weighted by Gasteiger charge is 2.14. The predicted molar refractivity (Wildman–Crippen MR) is 76.1 cm³/mol. The van der Waals surface area contributed by atoms with Gasteiger partial charge in [0.25, 0.3) is 0 Å². The van der Waals surface area contributed by atoms with Crippen LogP contribution in [-0.4, -0.2) is 25.6 Å². The van der Waals surface area contributed by atoms with Gasteiger partial charge in [0.2, 0.25) is 0 Å². The second-order valence-corrected chi connectivity index (χ2v) is 4.38. The van der Waals surface area contributed by atoms with Crippen molar-refractivity contribution in [3.63, 3.8) is 0 Å². The zero-order valence-electron chi connectivity index (χ0n) is 10.9. The van der Waals surface area contributed by atoms with E-state index in [1.165, 1.54) is 0 Å². The molecule has 3 N–H and O–H groups in total. The Kier molecular flexibility index (Phi) is 2.83. The molecule has 3 rings (SSSR count). The quantitative estimate of drug-likeness (QED) is 0.321. The topological polar surface area (TPSA) is 89.3 Å². The number of nitrogens with zero attached hydrogens (tertiary/aromatic N) is 4. The second-order valence-electron chi connectivity index (χ2n) is 4.38. The summed E-state index contributed by atoms with van der Waals surface area (Å²) in [5.74, 6) is 1.39. The van der Waals surface area contributed by atoms with E-state index in [2.05, 4.69) is 15.1 Å². The first kappa shape index (κ1) is 12.2. The van der Waals surface area contributed by atoms with Crippen molar-refractivity contribution in [3.8, 4) is 5.82 Å². The lowest BCUT2D eigenvalue weighted by Crippen LogP contribution is -2.17. The van der Waals surface area contributed by atoms with Crippen LogP contribution in [0, 0.1) is 6.92 Å². The Hall–Kier alpha value is -2.89. The highest BCUT2D eigenvalue weighted by Crippen LogP contribution is 2.20. The number of rotatable bonds is 2. The van der Waals surface area contributed by atoms with Crippen molar-refractivity contribution in [1.29, 1.82) is 0 Å². The fourth-order valence-electron chi connectivity index (χ4n) is 2.13. The van der Waals surface area contributed by atoms with Crippen LogP contribution in [0.5, 0.6) is 0 Å². The Morgan fingerprint density at radius 3 is 2.85 bits per heavy atom. The molecule has 6 nitrogen and oxygen atoms in total. The number of aromatic nitrogens is 3. The molecular formula is C14H13N5O. The Labute approximate surface area is 115 Å².